The number of hydrogen-bond acceptors (Lipinski definition) is 10. The molecule has 0 saturated heterocycles. The summed E-state index contributed by atoms with van der Waals surface area (Å²) in [5.74, 6) is -0.574. The number of nitrogens with zero attached hydrogens (tertiary/aromatic N) is 2. The summed E-state index contributed by atoms with van der Waals surface area (Å²) in [5.41, 5.74) is 6.08. The summed E-state index contributed by atoms with van der Waals surface area (Å²) in [6.07, 6.45) is 8.20. The molecule has 0 aliphatic carbocycles. The smallest absolute Gasteiger partial charge is 0.348 e. The van der Waals surface area contributed by atoms with E-state index in [1.807, 2.05) is 69.6 Å². The summed E-state index contributed by atoms with van der Waals surface area (Å²) < 4.78 is 5.48. The zero-order valence-electron chi connectivity index (χ0n) is 35.2. The zero-order valence-corrected chi connectivity index (χ0v) is 40.1. The second-order valence-electron chi connectivity index (χ2n) is 15.2. The predicted molar refractivity (Wildman–Crippen MR) is 279 cm³/mol. The van der Waals surface area contributed by atoms with Crippen molar-refractivity contribution in [1.82, 2.24) is 0 Å². The molecule has 0 aliphatic rings. The fraction of sp³-hybridized carbons (Fsp3) is 0.148. The van der Waals surface area contributed by atoms with Gasteiger partial charge in [0, 0.05) is 65.8 Å². The molecular weight excluding hydrogens is 901 g/mol. The SMILES string of the molecule is CCCCCCCCOC(=O)/C(C#N)=C/c1ccc(N(c2ccc(-c3ccc(-c4ccc(-c5cccs5)s4)s3)cc2)c2ccc(-c3ccc(-c4ccc(-c5cccs5)s4)s3)cc2)cc1. The second-order valence-corrected chi connectivity index (χ2v) is 21.4. The standard InChI is InChI=1S/C54H44N2O2S6/c1-2-3-4-5-6-7-32-58-54(57)40(36-55)35-37-12-18-41(19-13-37)56(42-20-14-38(15-21-42)44-24-26-50(61-44)52-30-28-48(63-52)46-10-8-33-59-46)43-22-16-39(17-23-43)45-25-27-51(62-45)53-31-29-49(64-53)47-11-9-34-60-47/h8-31,33-35H,2-7,32H2,1H3/b40-35+. The third-order valence-corrected chi connectivity index (χ3v) is 17.8. The van der Waals surface area contributed by atoms with Crippen LogP contribution in [0.25, 0.3) is 66.0 Å². The number of nitriles is 1. The van der Waals surface area contributed by atoms with Gasteiger partial charge in [-0.1, -0.05) is 87.6 Å². The number of thiophene rings is 6. The molecule has 0 unspecified atom stereocenters. The Bertz CT molecular complexity index is 2820. The molecular formula is C54H44N2O2S6. The Kier molecular flexibility index (Phi) is 14.2. The first-order chi connectivity index (χ1) is 31.5. The Morgan fingerprint density at radius 1 is 0.516 bits per heavy atom. The van der Waals surface area contributed by atoms with Crippen LogP contribution in [0.3, 0.4) is 0 Å². The van der Waals surface area contributed by atoms with E-state index in [1.54, 1.807) is 28.7 Å². The zero-order chi connectivity index (χ0) is 43.7. The number of rotatable bonds is 18. The number of carbonyl (C=O) groups excluding carboxylic acids is 1. The van der Waals surface area contributed by atoms with Gasteiger partial charge in [0.05, 0.1) is 6.61 Å². The maximum atomic E-state index is 12.8. The van der Waals surface area contributed by atoms with Crippen LogP contribution in [-0.2, 0) is 9.53 Å². The molecule has 10 heteroatoms. The number of benzene rings is 3. The topological polar surface area (TPSA) is 53.3 Å². The minimum Gasteiger partial charge on any atom is -0.462 e. The summed E-state index contributed by atoms with van der Waals surface area (Å²) >= 11 is 10.9. The molecule has 0 aliphatic heterocycles. The van der Waals surface area contributed by atoms with Gasteiger partial charge in [0.1, 0.15) is 11.6 Å². The van der Waals surface area contributed by atoms with Crippen molar-refractivity contribution >= 4 is 97.1 Å². The van der Waals surface area contributed by atoms with E-state index in [0.717, 1.165) is 41.9 Å². The predicted octanol–water partition coefficient (Wildman–Crippen LogP) is 18.3. The first-order valence-corrected chi connectivity index (χ1v) is 26.4. The van der Waals surface area contributed by atoms with Crippen LogP contribution >= 0.6 is 68.0 Å². The van der Waals surface area contributed by atoms with Gasteiger partial charge in [0.25, 0.3) is 0 Å². The van der Waals surface area contributed by atoms with Gasteiger partial charge in [-0.05, 0) is 137 Å². The lowest BCUT2D eigenvalue weighted by molar-refractivity contribution is -0.138. The molecule has 0 amide bonds. The number of unbranched alkanes of at least 4 members (excludes halogenated alkanes) is 5. The van der Waals surface area contributed by atoms with Gasteiger partial charge in [0.15, 0.2) is 0 Å². The lowest BCUT2D eigenvalue weighted by Crippen LogP contribution is -2.10. The average Bonchev–Trinajstić information content (AvgIpc) is 4.19. The van der Waals surface area contributed by atoms with Crippen molar-refractivity contribution in [2.75, 3.05) is 11.5 Å². The van der Waals surface area contributed by atoms with E-state index >= 15 is 0 Å². The number of ether oxygens (including phenoxy) is 1. The Labute approximate surface area is 399 Å². The molecule has 0 N–H and O–H groups in total. The lowest BCUT2D eigenvalue weighted by atomic mass is 10.1. The van der Waals surface area contributed by atoms with E-state index in [0.29, 0.717) is 6.61 Å². The van der Waals surface area contributed by atoms with Gasteiger partial charge in [0.2, 0.25) is 0 Å². The number of anilines is 3. The van der Waals surface area contributed by atoms with Gasteiger partial charge in [-0.25, -0.2) is 4.79 Å². The number of esters is 1. The van der Waals surface area contributed by atoms with Crippen LogP contribution in [0.15, 0.2) is 162 Å². The highest BCUT2D eigenvalue weighted by Crippen LogP contribution is 2.44. The van der Waals surface area contributed by atoms with Crippen molar-refractivity contribution in [2.24, 2.45) is 0 Å². The van der Waals surface area contributed by atoms with E-state index in [2.05, 4.69) is 150 Å². The van der Waals surface area contributed by atoms with Crippen molar-refractivity contribution in [3.63, 3.8) is 0 Å². The molecule has 9 aromatic rings. The molecule has 0 saturated carbocycles. The highest BCUT2D eigenvalue weighted by Gasteiger charge is 2.17. The summed E-state index contributed by atoms with van der Waals surface area (Å²) in [7, 11) is 0. The van der Waals surface area contributed by atoms with Gasteiger partial charge >= 0.3 is 5.97 Å². The van der Waals surface area contributed by atoms with Gasteiger partial charge in [-0.3, -0.25) is 0 Å². The monoisotopic (exact) mass is 944 g/mol. The molecule has 9 rings (SSSR count). The highest BCUT2D eigenvalue weighted by molar-refractivity contribution is 7.27. The summed E-state index contributed by atoms with van der Waals surface area (Å²) in [4.78, 5) is 27.8. The number of carbonyl (C=O) groups is 1. The maximum absolute atomic E-state index is 12.8. The third kappa shape index (κ3) is 10.3. The normalized spacial score (nSPS) is 11.5. The van der Waals surface area contributed by atoms with Crippen molar-refractivity contribution < 1.29 is 9.53 Å². The maximum Gasteiger partial charge on any atom is 0.348 e. The van der Waals surface area contributed by atoms with Crippen molar-refractivity contribution in [2.45, 2.75) is 45.4 Å². The Morgan fingerprint density at radius 2 is 0.922 bits per heavy atom. The minimum absolute atomic E-state index is 0.000655. The first-order valence-electron chi connectivity index (χ1n) is 21.4. The molecule has 6 heterocycles. The van der Waals surface area contributed by atoms with E-state index in [1.165, 1.54) is 79.2 Å². The molecule has 3 aromatic carbocycles. The Balaban J connectivity index is 0.956. The largest absolute Gasteiger partial charge is 0.462 e. The summed E-state index contributed by atoms with van der Waals surface area (Å²) in [6, 6.07) is 54.0. The van der Waals surface area contributed by atoms with Crippen LogP contribution in [0.2, 0.25) is 0 Å². The van der Waals surface area contributed by atoms with Crippen molar-refractivity contribution in [1.29, 1.82) is 5.26 Å². The molecule has 0 radical (unpaired) electrons. The van der Waals surface area contributed by atoms with E-state index < -0.39 is 5.97 Å². The molecule has 318 valence electrons. The molecule has 64 heavy (non-hydrogen) atoms. The Hall–Kier alpha value is -5.64. The minimum atomic E-state index is -0.574. The molecule has 0 bridgehead atoms. The van der Waals surface area contributed by atoms with E-state index in [-0.39, 0.29) is 5.57 Å². The number of hydrogen-bond donors (Lipinski definition) is 0. The van der Waals surface area contributed by atoms with Crippen LogP contribution in [0.1, 0.15) is 51.0 Å². The average molecular weight is 945 g/mol. The first kappa shape index (κ1) is 43.6. The van der Waals surface area contributed by atoms with Crippen LogP contribution in [0.4, 0.5) is 17.1 Å². The fourth-order valence-electron chi connectivity index (χ4n) is 7.44. The van der Waals surface area contributed by atoms with E-state index in [4.69, 9.17) is 4.74 Å². The van der Waals surface area contributed by atoms with Crippen LogP contribution in [0.5, 0.6) is 0 Å². The van der Waals surface area contributed by atoms with Crippen LogP contribution in [0, 0.1) is 11.3 Å². The molecule has 6 aromatic heterocycles. The van der Waals surface area contributed by atoms with Gasteiger partial charge < -0.3 is 9.64 Å². The molecule has 4 nitrogen and oxygen atoms in total. The van der Waals surface area contributed by atoms with Crippen LogP contribution in [-0.4, -0.2) is 12.6 Å². The quantitative estimate of drug-likeness (QED) is 0.0372. The highest BCUT2D eigenvalue weighted by atomic mass is 32.1. The van der Waals surface area contributed by atoms with Gasteiger partial charge in [-0.15, -0.1) is 68.0 Å². The van der Waals surface area contributed by atoms with Crippen molar-refractivity contribution in [3.05, 3.63) is 167 Å². The van der Waals surface area contributed by atoms with E-state index in [9.17, 15) is 10.1 Å². The molecule has 0 spiro atoms. The van der Waals surface area contributed by atoms with Crippen LogP contribution < -0.4 is 4.90 Å². The summed E-state index contributed by atoms with van der Waals surface area (Å²) in [5, 5.41) is 14.1. The molecule has 0 atom stereocenters. The summed E-state index contributed by atoms with van der Waals surface area (Å²) in [6.45, 7) is 2.52. The lowest BCUT2D eigenvalue weighted by Gasteiger charge is -2.26. The second kappa shape index (κ2) is 20.9. The van der Waals surface area contributed by atoms with Gasteiger partial charge in [-0.2, -0.15) is 5.26 Å². The fourth-order valence-corrected chi connectivity index (χ4v) is 13.3. The Morgan fingerprint density at radius 3 is 1.36 bits per heavy atom. The molecule has 0 fully saturated rings. The van der Waals surface area contributed by atoms with Crippen molar-refractivity contribution in [3.8, 4) is 66.0 Å². The third-order valence-electron chi connectivity index (χ3n) is 10.8.